The Morgan fingerprint density at radius 3 is 2.83 bits per heavy atom. The van der Waals surface area contributed by atoms with Crippen LogP contribution in [0.15, 0.2) is 30.6 Å². The van der Waals surface area contributed by atoms with Gasteiger partial charge in [-0.15, -0.1) is 0 Å². The Kier molecular flexibility index (Phi) is 5.25. The summed E-state index contributed by atoms with van der Waals surface area (Å²) in [5.74, 6) is -0.539. The third kappa shape index (κ3) is 4.00. The number of aryl methyl sites for hydroxylation is 1. The molecule has 0 bridgehead atoms. The number of carbonyl (C=O) groups is 1. The van der Waals surface area contributed by atoms with E-state index in [-0.39, 0.29) is 5.56 Å². The van der Waals surface area contributed by atoms with E-state index < -0.39 is 11.7 Å². The van der Waals surface area contributed by atoms with Crippen molar-refractivity contribution >= 4 is 5.91 Å². The van der Waals surface area contributed by atoms with Crippen LogP contribution in [0.3, 0.4) is 0 Å². The minimum Gasteiger partial charge on any atom is -0.366 e. The topological polar surface area (TPSA) is 72.9 Å². The molecule has 1 fully saturated rings. The quantitative estimate of drug-likeness (QED) is 0.855. The van der Waals surface area contributed by atoms with Crippen molar-refractivity contribution in [2.45, 2.75) is 32.2 Å². The molecule has 0 spiro atoms. The number of amides is 1. The predicted molar refractivity (Wildman–Crippen MR) is 91.0 cm³/mol. The molecule has 2 heterocycles. The molecule has 1 aliphatic rings. The fraction of sp³-hybridized carbons (Fsp3) is 0.444. The standard InChI is InChI=1S/C18H23FN4O/c19-17-10-14(3-4-16(17)18(20)24)15-11-22-23(12-15)9-1-2-13-5-7-21-8-6-13/h3-4,10-13,21H,1-2,5-9H2,(H2,20,24). The zero-order valence-corrected chi connectivity index (χ0v) is 13.7. The van der Waals surface area contributed by atoms with Crippen LogP contribution in [0.5, 0.6) is 0 Å². The molecule has 0 saturated carbocycles. The average Bonchev–Trinajstić information content (AvgIpc) is 3.04. The van der Waals surface area contributed by atoms with Gasteiger partial charge in [-0.1, -0.05) is 6.07 Å². The van der Waals surface area contributed by atoms with Crippen LogP contribution in [0.4, 0.5) is 4.39 Å². The van der Waals surface area contributed by atoms with Gasteiger partial charge in [0.25, 0.3) is 5.91 Å². The molecule has 1 aliphatic heterocycles. The highest BCUT2D eigenvalue weighted by molar-refractivity contribution is 5.93. The average molecular weight is 330 g/mol. The lowest BCUT2D eigenvalue weighted by Crippen LogP contribution is -2.27. The summed E-state index contributed by atoms with van der Waals surface area (Å²) in [6, 6.07) is 4.44. The summed E-state index contributed by atoms with van der Waals surface area (Å²) in [6.07, 6.45) is 8.48. The Morgan fingerprint density at radius 1 is 1.33 bits per heavy atom. The Hall–Kier alpha value is -2.21. The minimum atomic E-state index is -0.757. The number of carbonyl (C=O) groups excluding carboxylic acids is 1. The summed E-state index contributed by atoms with van der Waals surface area (Å²) in [4.78, 5) is 11.1. The maximum absolute atomic E-state index is 13.9. The van der Waals surface area contributed by atoms with Gasteiger partial charge >= 0.3 is 0 Å². The Bertz CT molecular complexity index is 707. The first-order chi connectivity index (χ1) is 11.6. The predicted octanol–water partition coefficient (Wildman–Crippen LogP) is 2.57. The van der Waals surface area contributed by atoms with Crippen LogP contribution < -0.4 is 11.1 Å². The molecule has 0 atom stereocenters. The van der Waals surface area contributed by atoms with Crippen LogP contribution >= 0.6 is 0 Å². The van der Waals surface area contributed by atoms with Gasteiger partial charge in [0.1, 0.15) is 5.82 Å². The van der Waals surface area contributed by atoms with Crippen molar-refractivity contribution < 1.29 is 9.18 Å². The van der Waals surface area contributed by atoms with Gasteiger partial charge in [0.15, 0.2) is 0 Å². The lowest BCUT2D eigenvalue weighted by molar-refractivity contribution is 0.0996. The molecular weight excluding hydrogens is 307 g/mol. The first-order valence-electron chi connectivity index (χ1n) is 8.46. The molecule has 6 heteroatoms. The fourth-order valence-electron chi connectivity index (χ4n) is 3.24. The van der Waals surface area contributed by atoms with Gasteiger partial charge in [-0.05, 0) is 62.4 Å². The molecule has 5 nitrogen and oxygen atoms in total. The highest BCUT2D eigenvalue weighted by atomic mass is 19.1. The fourth-order valence-corrected chi connectivity index (χ4v) is 3.24. The molecule has 0 radical (unpaired) electrons. The molecule has 3 rings (SSSR count). The molecule has 1 amide bonds. The number of nitrogens with one attached hydrogen (secondary N) is 1. The summed E-state index contributed by atoms with van der Waals surface area (Å²) in [6.45, 7) is 3.12. The second-order valence-electron chi connectivity index (χ2n) is 6.39. The van der Waals surface area contributed by atoms with Gasteiger partial charge < -0.3 is 11.1 Å². The van der Waals surface area contributed by atoms with E-state index in [1.165, 1.54) is 31.4 Å². The summed E-state index contributed by atoms with van der Waals surface area (Å²) < 4.78 is 15.8. The monoisotopic (exact) mass is 330 g/mol. The van der Waals surface area contributed by atoms with Crippen LogP contribution in [0.25, 0.3) is 11.1 Å². The lowest BCUT2D eigenvalue weighted by Gasteiger charge is -2.22. The smallest absolute Gasteiger partial charge is 0.251 e. The number of benzene rings is 1. The highest BCUT2D eigenvalue weighted by Gasteiger charge is 2.13. The molecule has 1 aromatic carbocycles. The first kappa shape index (κ1) is 16.6. The number of hydrogen-bond acceptors (Lipinski definition) is 3. The van der Waals surface area contributed by atoms with Crippen molar-refractivity contribution in [1.82, 2.24) is 15.1 Å². The number of halogens is 1. The van der Waals surface area contributed by atoms with Gasteiger partial charge in [-0.2, -0.15) is 5.10 Å². The lowest BCUT2D eigenvalue weighted by atomic mass is 9.93. The molecule has 128 valence electrons. The summed E-state index contributed by atoms with van der Waals surface area (Å²) in [5.41, 5.74) is 6.57. The molecule has 3 N–H and O–H groups in total. The molecule has 24 heavy (non-hydrogen) atoms. The van der Waals surface area contributed by atoms with Gasteiger partial charge in [-0.25, -0.2) is 4.39 Å². The second-order valence-corrected chi connectivity index (χ2v) is 6.39. The van der Waals surface area contributed by atoms with Crippen molar-refractivity contribution in [1.29, 1.82) is 0 Å². The Balaban J connectivity index is 1.58. The molecule has 0 unspecified atom stereocenters. The van der Waals surface area contributed by atoms with Crippen molar-refractivity contribution in [3.8, 4) is 11.1 Å². The number of piperidine rings is 1. The maximum atomic E-state index is 13.9. The molecule has 0 aliphatic carbocycles. The first-order valence-corrected chi connectivity index (χ1v) is 8.46. The number of primary amides is 1. The van der Waals surface area contributed by atoms with E-state index in [0.29, 0.717) is 5.56 Å². The number of hydrogen-bond donors (Lipinski definition) is 2. The van der Waals surface area contributed by atoms with Gasteiger partial charge in [0.2, 0.25) is 0 Å². The van der Waals surface area contributed by atoms with E-state index in [4.69, 9.17) is 5.73 Å². The number of rotatable bonds is 6. The van der Waals surface area contributed by atoms with E-state index in [9.17, 15) is 9.18 Å². The van der Waals surface area contributed by atoms with E-state index >= 15 is 0 Å². The Morgan fingerprint density at radius 2 is 2.12 bits per heavy atom. The van der Waals surface area contributed by atoms with E-state index in [0.717, 1.165) is 37.5 Å². The van der Waals surface area contributed by atoms with Gasteiger partial charge in [0, 0.05) is 18.3 Å². The van der Waals surface area contributed by atoms with Crippen molar-refractivity contribution in [3.63, 3.8) is 0 Å². The van der Waals surface area contributed by atoms with Crippen LogP contribution in [-0.4, -0.2) is 28.8 Å². The van der Waals surface area contributed by atoms with E-state index in [1.54, 1.807) is 12.3 Å². The molecule has 1 saturated heterocycles. The summed E-state index contributed by atoms with van der Waals surface area (Å²) in [5, 5.41) is 7.74. The zero-order chi connectivity index (χ0) is 16.9. The highest BCUT2D eigenvalue weighted by Crippen LogP contribution is 2.22. The maximum Gasteiger partial charge on any atom is 0.251 e. The van der Waals surface area contributed by atoms with E-state index in [1.807, 2.05) is 10.9 Å². The van der Waals surface area contributed by atoms with Crippen LogP contribution in [0, 0.1) is 11.7 Å². The molecular formula is C18H23FN4O. The van der Waals surface area contributed by atoms with E-state index in [2.05, 4.69) is 10.4 Å². The number of nitrogens with zero attached hydrogens (tertiary/aromatic N) is 2. The van der Waals surface area contributed by atoms with Gasteiger partial charge in [0.05, 0.1) is 11.8 Å². The zero-order valence-electron chi connectivity index (χ0n) is 13.7. The number of aromatic nitrogens is 2. The molecule has 2 aromatic rings. The SMILES string of the molecule is NC(=O)c1ccc(-c2cnn(CCCC3CCNCC3)c2)cc1F. The summed E-state index contributed by atoms with van der Waals surface area (Å²) in [7, 11) is 0. The van der Waals surface area contributed by atoms with Crippen molar-refractivity contribution in [2.75, 3.05) is 13.1 Å². The summed E-state index contributed by atoms with van der Waals surface area (Å²) >= 11 is 0. The molecule has 1 aromatic heterocycles. The third-order valence-electron chi connectivity index (χ3n) is 4.66. The van der Waals surface area contributed by atoms with Crippen LogP contribution in [-0.2, 0) is 6.54 Å². The Labute approximate surface area is 141 Å². The third-order valence-corrected chi connectivity index (χ3v) is 4.66. The number of nitrogens with two attached hydrogens (primary N) is 1. The van der Waals surface area contributed by atoms with Crippen molar-refractivity contribution in [3.05, 3.63) is 42.0 Å². The van der Waals surface area contributed by atoms with Gasteiger partial charge in [-0.3, -0.25) is 9.48 Å². The second kappa shape index (κ2) is 7.57. The van der Waals surface area contributed by atoms with Crippen LogP contribution in [0.2, 0.25) is 0 Å². The minimum absolute atomic E-state index is 0.0897. The largest absolute Gasteiger partial charge is 0.366 e. The van der Waals surface area contributed by atoms with Crippen molar-refractivity contribution in [2.24, 2.45) is 11.7 Å². The normalized spacial score (nSPS) is 15.5. The van der Waals surface area contributed by atoms with Crippen LogP contribution in [0.1, 0.15) is 36.0 Å².